The van der Waals surface area contributed by atoms with Crippen molar-refractivity contribution in [2.75, 3.05) is 13.1 Å². The number of carbonyl (C=O) groups is 1. The fourth-order valence-corrected chi connectivity index (χ4v) is 3.23. The first kappa shape index (κ1) is 15.3. The van der Waals surface area contributed by atoms with E-state index in [1.807, 2.05) is 0 Å². The molecule has 1 saturated heterocycles. The topological polar surface area (TPSA) is 72.4 Å². The molecule has 0 unspecified atom stereocenters. The number of aryl methyl sites for hydroxylation is 1. The molecular formula is C15H15Cl2N3O2. The highest BCUT2D eigenvalue weighted by Crippen LogP contribution is 2.37. The highest BCUT2D eigenvalue weighted by atomic mass is 35.5. The highest BCUT2D eigenvalue weighted by Gasteiger charge is 2.31. The minimum absolute atomic E-state index is 0.0106. The number of carbonyl (C=O) groups excluding carboxylic acids is 1. The molecular weight excluding hydrogens is 325 g/mol. The summed E-state index contributed by atoms with van der Waals surface area (Å²) in [5.41, 5.74) is 7.15. The molecule has 1 aromatic carbocycles. The quantitative estimate of drug-likeness (QED) is 0.912. The van der Waals surface area contributed by atoms with E-state index in [2.05, 4.69) is 5.16 Å². The Bertz CT molecular complexity index is 709. The van der Waals surface area contributed by atoms with Gasteiger partial charge in [-0.15, -0.1) is 0 Å². The number of nitrogens with two attached hydrogens (primary N) is 1. The van der Waals surface area contributed by atoms with Crippen molar-refractivity contribution in [2.24, 2.45) is 5.73 Å². The summed E-state index contributed by atoms with van der Waals surface area (Å²) in [5, 5.41) is 4.84. The van der Waals surface area contributed by atoms with Crippen molar-refractivity contribution < 1.29 is 9.32 Å². The standard InChI is InChI=1S/C15H15Cl2N3O2/c1-8-12(15(21)20-6-5-9(18)7-20)14(19-22-8)13-10(16)3-2-4-11(13)17/h2-4,9H,5-7,18H2,1H3/t9-/m1/s1. The Kier molecular flexibility index (Phi) is 4.12. The van der Waals surface area contributed by atoms with Crippen LogP contribution >= 0.6 is 23.2 Å². The van der Waals surface area contributed by atoms with Crippen LogP contribution in [0.2, 0.25) is 10.0 Å². The molecule has 1 aromatic heterocycles. The van der Waals surface area contributed by atoms with E-state index in [9.17, 15) is 4.79 Å². The van der Waals surface area contributed by atoms with Gasteiger partial charge < -0.3 is 15.2 Å². The first-order valence-electron chi connectivity index (χ1n) is 6.94. The summed E-state index contributed by atoms with van der Waals surface area (Å²) in [6.07, 6.45) is 0.790. The molecule has 1 amide bonds. The van der Waals surface area contributed by atoms with Gasteiger partial charge in [0.05, 0.1) is 10.0 Å². The molecule has 22 heavy (non-hydrogen) atoms. The van der Waals surface area contributed by atoms with Gasteiger partial charge in [-0.3, -0.25) is 4.79 Å². The zero-order valence-corrected chi connectivity index (χ0v) is 13.5. The van der Waals surface area contributed by atoms with Crippen LogP contribution in [0.5, 0.6) is 0 Å². The van der Waals surface area contributed by atoms with E-state index in [-0.39, 0.29) is 11.9 Å². The smallest absolute Gasteiger partial charge is 0.259 e. The minimum atomic E-state index is -0.155. The zero-order chi connectivity index (χ0) is 15.9. The Morgan fingerprint density at radius 2 is 2.09 bits per heavy atom. The maximum Gasteiger partial charge on any atom is 0.259 e. The number of hydrogen-bond donors (Lipinski definition) is 1. The fraction of sp³-hybridized carbons (Fsp3) is 0.333. The molecule has 2 N–H and O–H groups in total. The van der Waals surface area contributed by atoms with Crippen molar-refractivity contribution in [2.45, 2.75) is 19.4 Å². The number of halogens is 2. The third kappa shape index (κ3) is 2.60. The first-order chi connectivity index (χ1) is 10.5. The van der Waals surface area contributed by atoms with Gasteiger partial charge in [0.2, 0.25) is 0 Å². The van der Waals surface area contributed by atoms with Crippen molar-refractivity contribution in [3.8, 4) is 11.3 Å². The normalized spacial score (nSPS) is 18.0. The van der Waals surface area contributed by atoms with Gasteiger partial charge in [0.1, 0.15) is 17.0 Å². The number of nitrogens with zero attached hydrogens (tertiary/aromatic N) is 2. The molecule has 2 heterocycles. The minimum Gasteiger partial charge on any atom is -0.360 e. The summed E-state index contributed by atoms with van der Waals surface area (Å²) in [5.74, 6) is 0.286. The van der Waals surface area contributed by atoms with Gasteiger partial charge in [-0.2, -0.15) is 0 Å². The van der Waals surface area contributed by atoms with Crippen LogP contribution in [-0.2, 0) is 0 Å². The second kappa shape index (κ2) is 5.91. The Labute approximate surface area is 138 Å². The van der Waals surface area contributed by atoms with Crippen LogP contribution in [0.1, 0.15) is 22.5 Å². The number of benzene rings is 1. The van der Waals surface area contributed by atoms with Crippen molar-refractivity contribution in [3.05, 3.63) is 39.6 Å². The lowest BCUT2D eigenvalue weighted by Crippen LogP contribution is -2.32. The van der Waals surface area contributed by atoms with Gasteiger partial charge in [-0.1, -0.05) is 34.4 Å². The van der Waals surface area contributed by atoms with Crippen molar-refractivity contribution in [3.63, 3.8) is 0 Å². The van der Waals surface area contributed by atoms with E-state index in [0.29, 0.717) is 45.7 Å². The average Bonchev–Trinajstić information content (AvgIpc) is 3.05. The number of aromatic nitrogens is 1. The molecule has 0 bridgehead atoms. The third-order valence-electron chi connectivity index (χ3n) is 3.79. The predicted octanol–water partition coefficient (Wildman–Crippen LogP) is 3.13. The van der Waals surface area contributed by atoms with Crippen LogP contribution < -0.4 is 5.73 Å². The molecule has 1 atom stereocenters. The van der Waals surface area contributed by atoms with Gasteiger partial charge >= 0.3 is 0 Å². The average molecular weight is 340 g/mol. The SMILES string of the molecule is Cc1onc(-c2c(Cl)cccc2Cl)c1C(=O)N1CC[C@@H](N)C1. The van der Waals surface area contributed by atoms with Crippen molar-refractivity contribution in [1.29, 1.82) is 0 Å². The van der Waals surface area contributed by atoms with E-state index < -0.39 is 0 Å². The van der Waals surface area contributed by atoms with Crippen LogP contribution in [0.15, 0.2) is 22.7 Å². The molecule has 0 saturated carbocycles. The molecule has 7 heteroatoms. The fourth-order valence-electron chi connectivity index (χ4n) is 2.65. The Hall–Kier alpha value is -1.56. The van der Waals surface area contributed by atoms with Crippen molar-refractivity contribution in [1.82, 2.24) is 10.1 Å². The van der Waals surface area contributed by atoms with Crippen LogP contribution in [-0.4, -0.2) is 35.1 Å². The third-order valence-corrected chi connectivity index (χ3v) is 4.42. The van der Waals surface area contributed by atoms with Crippen LogP contribution in [0, 0.1) is 6.92 Å². The second-order valence-electron chi connectivity index (χ2n) is 5.36. The summed E-state index contributed by atoms with van der Waals surface area (Å²) in [7, 11) is 0. The summed E-state index contributed by atoms with van der Waals surface area (Å²) in [4.78, 5) is 14.5. The van der Waals surface area contributed by atoms with Crippen LogP contribution in [0.25, 0.3) is 11.3 Å². The Morgan fingerprint density at radius 1 is 1.41 bits per heavy atom. The van der Waals surface area contributed by atoms with E-state index in [4.69, 9.17) is 33.5 Å². The van der Waals surface area contributed by atoms with Gasteiger partial charge in [-0.25, -0.2) is 0 Å². The predicted molar refractivity (Wildman–Crippen MR) is 85.2 cm³/mol. The molecule has 1 fully saturated rings. The molecule has 0 aliphatic carbocycles. The summed E-state index contributed by atoms with van der Waals surface area (Å²) >= 11 is 12.4. The number of amides is 1. The molecule has 1 aliphatic rings. The second-order valence-corrected chi connectivity index (χ2v) is 6.17. The molecule has 1 aliphatic heterocycles. The molecule has 0 radical (unpaired) electrons. The Balaban J connectivity index is 2.07. The maximum atomic E-state index is 12.8. The largest absolute Gasteiger partial charge is 0.360 e. The molecule has 2 aromatic rings. The summed E-state index contributed by atoms with van der Waals surface area (Å²) < 4.78 is 5.22. The maximum absolute atomic E-state index is 12.8. The van der Waals surface area contributed by atoms with Gasteiger partial charge in [0.15, 0.2) is 0 Å². The van der Waals surface area contributed by atoms with Gasteiger partial charge in [0.25, 0.3) is 5.91 Å². The molecule has 3 rings (SSSR count). The lowest BCUT2D eigenvalue weighted by Gasteiger charge is -2.16. The van der Waals surface area contributed by atoms with E-state index in [0.717, 1.165) is 6.42 Å². The molecule has 5 nitrogen and oxygen atoms in total. The van der Waals surface area contributed by atoms with E-state index >= 15 is 0 Å². The van der Waals surface area contributed by atoms with E-state index in [1.165, 1.54) is 0 Å². The van der Waals surface area contributed by atoms with Gasteiger partial charge in [-0.05, 0) is 25.5 Å². The highest BCUT2D eigenvalue weighted by molar-refractivity contribution is 6.39. The van der Waals surface area contributed by atoms with Gasteiger partial charge in [0, 0.05) is 24.7 Å². The van der Waals surface area contributed by atoms with Crippen molar-refractivity contribution >= 4 is 29.1 Å². The lowest BCUT2D eigenvalue weighted by atomic mass is 10.0. The monoisotopic (exact) mass is 339 g/mol. The zero-order valence-electron chi connectivity index (χ0n) is 12.0. The summed E-state index contributed by atoms with van der Waals surface area (Å²) in [6, 6.07) is 5.15. The number of hydrogen-bond acceptors (Lipinski definition) is 4. The van der Waals surface area contributed by atoms with E-state index in [1.54, 1.807) is 30.0 Å². The van der Waals surface area contributed by atoms with Crippen LogP contribution in [0.4, 0.5) is 0 Å². The first-order valence-corrected chi connectivity index (χ1v) is 7.70. The molecule has 116 valence electrons. The van der Waals surface area contributed by atoms with Crippen LogP contribution in [0.3, 0.4) is 0 Å². The number of likely N-dealkylation sites (tertiary alicyclic amines) is 1. The number of rotatable bonds is 2. The molecule has 0 spiro atoms. The Morgan fingerprint density at radius 3 is 2.68 bits per heavy atom. The summed E-state index contributed by atoms with van der Waals surface area (Å²) in [6.45, 7) is 2.85. The lowest BCUT2D eigenvalue weighted by molar-refractivity contribution is 0.0790.